The van der Waals surface area contributed by atoms with Gasteiger partial charge in [-0.05, 0) is 50.3 Å². The monoisotopic (exact) mass is 385 g/mol. The van der Waals surface area contributed by atoms with Crippen LogP contribution >= 0.6 is 0 Å². The molecule has 0 unspecified atom stereocenters. The van der Waals surface area contributed by atoms with Gasteiger partial charge in [0, 0.05) is 31.8 Å². The summed E-state index contributed by atoms with van der Waals surface area (Å²) >= 11 is 0. The Morgan fingerprint density at radius 2 is 2.07 bits per heavy atom. The second-order valence-electron chi connectivity index (χ2n) is 7.17. The van der Waals surface area contributed by atoms with Crippen molar-refractivity contribution in [3.05, 3.63) is 41.1 Å². The molecule has 0 aliphatic carbocycles. The number of amides is 2. The molecule has 1 fully saturated rings. The average molecular weight is 385 g/mol. The van der Waals surface area contributed by atoms with Crippen molar-refractivity contribution in [3.8, 4) is 11.3 Å². The molecular weight excluding hydrogens is 358 g/mol. The smallest absolute Gasteiger partial charge is 0.276 e. The first-order valence-corrected chi connectivity index (χ1v) is 9.63. The van der Waals surface area contributed by atoms with Crippen molar-refractivity contribution in [3.63, 3.8) is 0 Å². The number of piperidine rings is 1. The molecule has 1 aromatic carbocycles. The summed E-state index contributed by atoms with van der Waals surface area (Å²) in [5.74, 6) is 0.123. The van der Waals surface area contributed by atoms with Crippen LogP contribution in [0.25, 0.3) is 11.3 Å². The molecule has 28 heavy (non-hydrogen) atoms. The molecule has 0 bridgehead atoms. The third-order valence-electron chi connectivity index (χ3n) is 5.19. The van der Waals surface area contributed by atoms with E-state index in [4.69, 9.17) is 9.26 Å². The van der Waals surface area contributed by atoms with E-state index in [2.05, 4.69) is 10.5 Å². The molecule has 2 heterocycles. The zero-order valence-corrected chi connectivity index (χ0v) is 16.7. The summed E-state index contributed by atoms with van der Waals surface area (Å²) in [6.07, 6.45) is 2.43. The van der Waals surface area contributed by atoms with Crippen LogP contribution in [0.1, 0.15) is 40.9 Å². The lowest BCUT2D eigenvalue weighted by atomic mass is 10.0. The van der Waals surface area contributed by atoms with E-state index in [1.54, 1.807) is 18.1 Å². The van der Waals surface area contributed by atoms with E-state index in [0.717, 1.165) is 24.0 Å². The van der Waals surface area contributed by atoms with Gasteiger partial charge < -0.3 is 19.5 Å². The first-order chi connectivity index (χ1) is 13.5. The summed E-state index contributed by atoms with van der Waals surface area (Å²) in [5.41, 5.74) is 3.44. The number of aryl methyl sites for hydroxylation is 2. The minimum absolute atomic E-state index is 0.150. The molecule has 1 N–H and O–H groups in total. The van der Waals surface area contributed by atoms with Gasteiger partial charge in [0.05, 0.1) is 6.61 Å². The normalized spacial score (nSPS) is 16.8. The molecule has 0 radical (unpaired) electrons. The van der Waals surface area contributed by atoms with Crippen LogP contribution in [0.15, 0.2) is 28.8 Å². The van der Waals surface area contributed by atoms with E-state index in [-0.39, 0.29) is 17.5 Å². The molecule has 7 nitrogen and oxygen atoms in total. The van der Waals surface area contributed by atoms with E-state index in [1.807, 2.05) is 32.0 Å². The number of nitrogens with one attached hydrogen (secondary N) is 1. The minimum atomic E-state index is -0.486. The summed E-state index contributed by atoms with van der Waals surface area (Å²) in [7, 11) is 1.58. The maximum absolute atomic E-state index is 13.0. The molecule has 1 aliphatic rings. The molecule has 2 aromatic rings. The van der Waals surface area contributed by atoms with Gasteiger partial charge in [0.1, 0.15) is 6.04 Å². The Labute approximate surface area is 165 Å². The minimum Gasteiger partial charge on any atom is -0.383 e. The summed E-state index contributed by atoms with van der Waals surface area (Å²) < 4.78 is 10.4. The molecule has 1 aliphatic heterocycles. The summed E-state index contributed by atoms with van der Waals surface area (Å²) in [6.45, 7) is 5.47. The number of nitrogens with zero attached hydrogens (tertiary/aromatic N) is 2. The Hall–Kier alpha value is -2.67. The number of benzene rings is 1. The van der Waals surface area contributed by atoms with Gasteiger partial charge in [-0.1, -0.05) is 17.3 Å². The van der Waals surface area contributed by atoms with E-state index >= 15 is 0 Å². The first kappa shape index (κ1) is 20.1. The Morgan fingerprint density at radius 1 is 1.25 bits per heavy atom. The number of likely N-dealkylation sites (tertiary alicyclic amines) is 1. The van der Waals surface area contributed by atoms with Crippen LogP contribution < -0.4 is 5.32 Å². The Bertz CT molecular complexity index is 846. The highest BCUT2D eigenvalue weighted by Crippen LogP contribution is 2.25. The molecule has 2 amide bonds. The van der Waals surface area contributed by atoms with Gasteiger partial charge in [-0.25, -0.2) is 0 Å². The number of aromatic nitrogens is 1. The standard InChI is InChI=1S/C21H27N3O4/c1-14-7-8-16(12-15(14)2)19-13-17(23-28-19)21(26)24-10-5-4-6-18(24)20(25)22-9-11-27-3/h7-8,12-13,18H,4-6,9-11H2,1-3H3,(H,22,25)/t18-/m0/s1. The van der Waals surface area contributed by atoms with Crippen LogP contribution in [-0.4, -0.2) is 54.7 Å². The van der Waals surface area contributed by atoms with Crippen molar-refractivity contribution < 1.29 is 18.8 Å². The summed E-state index contributed by atoms with van der Waals surface area (Å²) in [5, 5.41) is 6.80. The van der Waals surface area contributed by atoms with Crippen molar-refractivity contribution in [2.75, 3.05) is 26.8 Å². The van der Waals surface area contributed by atoms with Crippen molar-refractivity contribution in [1.29, 1.82) is 0 Å². The Morgan fingerprint density at radius 3 is 2.82 bits per heavy atom. The van der Waals surface area contributed by atoms with Gasteiger partial charge in [-0.3, -0.25) is 9.59 Å². The summed E-state index contributed by atoms with van der Waals surface area (Å²) in [4.78, 5) is 27.1. The Kier molecular flexibility index (Phi) is 6.46. The van der Waals surface area contributed by atoms with Crippen LogP contribution in [0.4, 0.5) is 0 Å². The fraction of sp³-hybridized carbons (Fsp3) is 0.476. The lowest BCUT2D eigenvalue weighted by molar-refractivity contribution is -0.126. The van der Waals surface area contributed by atoms with Crippen LogP contribution in [0.5, 0.6) is 0 Å². The first-order valence-electron chi connectivity index (χ1n) is 9.63. The number of carbonyl (C=O) groups is 2. The van der Waals surface area contributed by atoms with Crippen molar-refractivity contribution in [2.45, 2.75) is 39.2 Å². The number of carbonyl (C=O) groups excluding carboxylic acids is 2. The summed E-state index contributed by atoms with van der Waals surface area (Å²) in [6, 6.07) is 7.14. The third kappa shape index (κ3) is 4.42. The van der Waals surface area contributed by atoms with Gasteiger partial charge in [0.2, 0.25) is 5.91 Å². The zero-order valence-electron chi connectivity index (χ0n) is 16.7. The highest BCUT2D eigenvalue weighted by Gasteiger charge is 2.33. The van der Waals surface area contributed by atoms with Crippen molar-refractivity contribution in [2.24, 2.45) is 0 Å². The Balaban J connectivity index is 1.75. The molecule has 0 spiro atoms. The SMILES string of the molecule is COCCNC(=O)[C@@H]1CCCCN1C(=O)c1cc(-c2ccc(C)c(C)c2)on1. The molecule has 1 saturated heterocycles. The molecule has 1 atom stereocenters. The predicted molar refractivity (Wildman–Crippen MR) is 105 cm³/mol. The quantitative estimate of drug-likeness (QED) is 0.773. The predicted octanol–water partition coefficient (Wildman–Crippen LogP) is 2.72. The van der Waals surface area contributed by atoms with E-state index in [9.17, 15) is 9.59 Å². The van der Waals surface area contributed by atoms with Crippen molar-refractivity contribution in [1.82, 2.24) is 15.4 Å². The second-order valence-corrected chi connectivity index (χ2v) is 7.17. The van der Waals surface area contributed by atoms with Gasteiger partial charge >= 0.3 is 0 Å². The largest absolute Gasteiger partial charge is 0.383 e. The van der Waals surface area contributed by atoms with Gasteiger partial charge in [-0.15, -0.1) is 0 Å². The number of hydrogen-bond acceptors (Lipinski definition) is 5. The van der Waals surface area contributed by atoms with Gasteiger partial charge in [0.25, 0.3) is 5.91 Å². The average Bonchev–Trinajstić information content (AvgIpc) is 3.20. The van der Waals surface area contributed by atoms with Crippen LogP contribution in [0.2, 0.25) is 0 Å². The molecular formula is C21H27N3O4. The number of methoxy groups -OCH3 is 1. The van der Waals surface area contributed by atoms with Crippen LogP contribution in [0, 0.1) is 13.8 Å². The molecule has 150 valence electrons. The maximum Gasteiger partial charge on any atom is 0.276 e. The van der Waals surface area contributed by atoms with E-state index < -0.39 is 6.04 Å². The molecule has 7 heteroatoms. The van der Waals surface area contributed by atoms with Crippen molar-refractivity contribution >= 4 is 11.8 Å². The highest BCUT2D eigenvalue weighted by molar-refractivity contribution is 5.96. The molecule has 3 rings (SSSR count). The van der Waals surface area contributed by atoms with Crippen LogP contribution in [-0.2, 0) is 9.53 Å². The number of hydrogen-bond donors (Lipinski definition) is 1. The molecule has 1 aromatic heterocycles. The highest BCUT2D eigenvalue weighted by atomic mass is 16.5. The van der Waals surface area contributed by atoms with E-state index in [0.29, 0.717) is 31.9 Å². The molecule has 0 saturated carbocycles. The lowest BCUT2D eigenvalue weighted by Crippen LogP contribution is -2.52. The number of ether oxygens (including phenoxy) is 1. The topological polar surface area (TPSA) is 84.7 Å². The van der Waals surface area contributed by atoms with Crippen LogP contribution in [0.3, 0.4) is 0 Å². The van der Waals surface area contributed by atoms with Gasteiger partial charge in [0.15, 0.2) is 11.5 Å². The zero-order chi connectivity index (χ0) is 20.1. The lowest BCUT2D eigenvalue weighted by Gasteiger charge is -2.34. The fourth-order valence-corrected chi connectivity index (χ4v) is 3.40. The third-order valence-corrected chi connectivity index (χ3v) is 5.19. The van der Waals surface area contributed by atoms with E-state index in [1.165, 1.54) is 5.56 Å². The number of rotatable bonds is 6. The fourth-order valence-electron chi connectivity index (χ4n) is 3.40. The second kappa shape index (κ2) is 9.01. The van der Waals surface area contributed by atoms with Gasteiger partial charge in [-0.2, -0.15) is 0 Å². The maximum atomic E-state index is 13.0.